The number of amides is 1. The fraction of sp³-hybridized carbons (Fsp3) is 0.286. The van der Waals surface area contributed by atoms with Crippen LogP contribution in [0.15, 0.2) is 54.7 Å². The van der Waals surface area contributed by atoms with Crippen LogP contribution < -0.4 is 10.1 Å². The molecule has 1 amide bonds. The SMILES string of the molecule is Cc1ccc(Oc2ccc(NC(=O)[C@H]3[C@H](C(=O)O)[C@H]4C=C[C@H]3C4)cc2)nc1. The van der Waals surface area contributed by atoms with Crippen molar-refractivity contribution < 1.29 is 19.4 Å². The first-order valence-corrected chi connectivity index (χ1v) is 8.94. The Morgan fingerprint density at radius 3 is 2.41 bits per heavy atom. The van der Waals surface area contributed by atoms with Crippen molar-refractivity contribution in [1.29, 1.82) is 0 Å². The van der Waals surface area contributed by atoms with Crippen molar-refractivity contribution in [3.05, 3.63) is 60.3 Å². The highest BCUT2D eigenvalue weighted by atomic mass is 16.5. The van der Waals surface area contributed by atoms with Crippen LogP contribution in [0.1, 0.15) is 12.0 Å². The number of carboxylic acids is 1. The number of nitrogens with one attached hydrogen (secondary N) is 1. The summed E-state index contributed by atoms with van der Waals surface area (Å²) in [6.45, 7) is 1.95. The molecule has 1 heterocycles. The van der Waals surface area contributed by atoms with Crippen LogP contribution in [0.2, 0.25) is 0 Å². The van der Waals surface area contributed by atoms with E-state index in [1.54, 1.807) is 36.5 Å². The Morgan fingerprint density at radius 1 is 1.07 bits per heavy atom. The normalized spacial score (nSPS) is 25.4. The van der Waals surface area contributed by atoms with Gasteiger partial charge < -0.3 is 15.2 Å². The number of carboxylic acid groups (broad SMARTS) is 1. The molecule has 2 aliphatic carbocycles. The largest absolute Gasteiger partial charge is 0.481 e. The first kappa shape index (κ1) is 17.3. The van der Waals surface area contributed by atoms with E-state index in [0.717, 1.165) is 12.0 Å². The average molecular weight is 364 g/mol. The number of hydrogen-bond donors (Lipinski definition) is 2. The minimum atomic E-state index is -0.902. The quantitative estimate of drug-likeness (QED) is 0.791. The van der Waals surface area contributed by atoms with E-state index in [0.29, 0.717) is 17.3 Å². The number of carbonyl (C=O) groups is 2. The van der Waals surface area contributed by atoms with E-state index in [2.05, 4.69) is 10.3 Å². The monoisotopic (exact) mass is 364 g/mol. The number of anilines is 1. The van der Waals surface area contributed by atoms with Crippen molar-refractivity contribution in [3.63, 3.8) is 0 Å². The zero-order valence-corrected chi connectivity index (χ0v) is 14.8. The molecule has 2 bridgehead atoms. The standard InChI is InChI=1S/C21H20N2O4/c1-12-2-9-17(22-11-12)27-16-7-5-15(6-8-16)23-20(24)18-13-3-4-14(10-13)19(18)21(25)26/h2-9,11,13-14,18-19H,10H2,1H3,(H,23,24)(H,25,26)/t13-,14-,18+,19+/m0/s1. The summed E-state index contributed by atoms with van der Waals surface area (Å²) in [5, 5.41) is 12.3. The first-order chi connectivity index (χ1) is 13.0. The molecule has 4 rings (SSSR count). The lowest BCUT2D eigenvalue weighted by Crippen LogP contribution is -2.36. The number of aryl methyl sites for hydroxylation is 1. The van der Waals surface area contributed by atoms with Gasteiger partial charge in [-0.2, -0.15) is 0 Å². The van der Waals surface area contributed by atoms with Gasteiger partial charge in [0, 0.05) is 18.0 Å². The third-order valence-electron chi connectivity index (χ3n) is 5.28. The van der Waals surface area contributed by atoms with E-state index in [4.69, 9.17) is 4.74 Å². The number of aromatic nitrogens is 1. The molecular formula is C21H20N2O4. The van der Waals surface area contributed by atoms with E-state index in [9.17, 15) is 14.7 Å². The molecule has 0 unspecified atom stereocenters. The number of fused-ring (bicyclic) bond motifs is 2. The zero-order valence-electron chi connectivity index (χ0n) is 14.8. The van der Waals surface area contributed by atoms with Crippen molar-refractivity contribution in [2.75, 3.05) is 5.32 Å². The molecule has 6 nitrogen and oxygen atoms in total. The van der Waals surface area contributed by atoms with Gasteiger partial charge in [-0.15, -0.1) is 0 Å². The maximum absolute atomic E-state index is 12.7. The van der Waals surface area contributed by atoms with Gasteiger partial charge in [-0.25, -0.2) is 4.98 Å². The van der Waals surface area contributed by atoms with Crippen molar-refractivity contribution in [1.82, 2.24) is 4.98 Å². The van der Waals surface area contributed by atoms with Gasteiger partial charge in [-0.3, -0.25) is 9.59 Å². The van der Waals surface area contributed by atoms with Gasteiger partial charge in [0.2, 0.25) is 11.8 Å². The molecule has 2 N–H and O–H groups in total. The lowest BCUT2D eigenvalue weighted by molar-refractivity contribution is -0.146. The molecule has 1 saturated carbocycles. The molecule has 2 aliphatic rings. The Kier molecular flexibility index (Phi) is 4.39. The van der Waals surface area contributed by atoms with Crippen LogP contribution >= 0.6 is 0 Å². The number of rotatable bonds is 5. The molecular weight excluding hydrogens is 344 g/mol. The second-order valence-corrected chi connectivity index (χ2v) is 7.13. The van der Waals surface area contributed by atoms with Gasteiger partial charge in [0.05, 0.1) is 11.8 Å². The molecule has 6 heteroatoms. The predicted octanol–water partition coefficient (Wildman–Crippen LogP) is 3.64. The third-order valence-corrected chi connectivity index (χ3v) is 5.28. The number of allylic oxidation sites excluding steroid dienone is 2. The maximum atomic E-state index is 12.7. The minimum Gasteiger partial charge on any atom is -0.481 e. The second kappa shape index (κ2) is 6.87. The molecule has 1 aromatic carbocycles. The molecule has 1 fully saturated rings. The topological polar surface area (TPSA) is 88.5 Å². The summed E-state index contributed by atoms with van der Waals surface area (Å²) in [4.78, 5) is 28.4. The Bertz CT molecular complexity index is 889. The number of nitrogens with zero attached hydrogens (tertiary/aromatic N) is 1. The van der Waals surface area contributed by atoms with Crippen LogP contribution in [0.3, 0.4) is 0 Å². The number of hydrogen-bond acceptors (Lipinski definition) is 4. The fourth-order valence-electron chi connectivity index (χ4n) is 3.98. The van der Waals surface area contributed by atoms with Gasteiger partial charge in [0.1, 0.15) is 5.75 Å². The minimum absolute atomic E-state index is 0.00585. The van der Waals surface area contributed by atoms with Crippen molar-refractivity contribution >= 4 is 17.6 Å². The van der Waals surface area contributed by atoms with Crippen LogP contribution in [-0.2, 0) is 9.59 Å². The first-order valence-electron chi connectivity index (χ1n) is 8.94. The molecule has 0 saturated heterocycles. The van der Waals surface area contributed by atoms with Gasteiger partial charge in [0.15, 0.2) is 0 Å². The van der Waals surface area contributed by atoms with Crippen molar-refractivity contribution in [3.8, 4) is 11.6 Å². The van der Waals surface area contributed by atoms with Crippen LogP contribution in [-0.4, -0.2) is 22.0 Å². The molecule has 0 radical (unpaired) electrons. The molecule has 27 heavy (non-hydrogen) atoms. The number of ether oxygens (including phenoxy) is 1. The molecule has 0 aliphatic heterocycles. The van der Waals surface area contributed by atoms with E-state index < -0.39 is 17.8 Å². The predicted molar refractivity (Wildman–Crippen MR) is 99.5 cm³/mol. The molecule has 2 aromatic rings. The Balaban J connectivity index is 1.42. The smallest absolute Gasteiger partial charge is 0.307 e. The van der Waals surface area contributed by atoms with Gasteiger partial charge in [-0.1, -0.05) is 18.2 Å². The lowest BCUT2D eigenvalue weighted by atomic mass is 9.82. The van der Waals surface area contributed by atoms with E-state index in [1.165, 1.54) is 0 Å². The summed E-state index contributed by atoms with van der Waals surface area (Å²) >= 11 is 0. The van der Waals surface area contributed by atoms with Crippen LogP contribution in [0.5, 0.6) is 11.6 Å². The molecule has 1 aromatic heterocycles. The highest BCUT2D eigenvalue weighted by Gasteiger charge is 2.51. The maximum Gasteiger partial charge on any atom is 0.307 e. The van der Waals surface area contributed by atoms with Crippen LogP contribution in [0, 0.1) is 30.6 Å². The number of carbonyl (C=O) groups excluding carboxylic acids is 1. The summed E-state index contributed by atoms with van der Waals surface area (Å²) in [5.74, 6) is -1.24. The summed E-state index contributed by atoms with van der Waals surface area (Å²) in [7, 11) is 0. The Labute approximate surface area is 156 Å². The van der Waals surface area contributed by atoms with E-state index in [1.807, 2.05) is 25.1 Å². The zero-order chi connectivity index (χ0) is 19.0. The molecule has 4 atom stereocenters. The number of aliphatic carboxylic acids is 1. The molecule has 138 valence electrons. The Hall–Kier alpha value is -3.15. The average Bonchev–Trinajstić information content (AvgIpc) is 3.26. The summed E-state index contributed by atoms with van der Waals surface area (Å²) in [6.07, 6.45) is 6.37. The van der Waals surface area contributed by atoms with E-state index in [-0.39, 0.29) is 17.7 Å². The van der Waals surface area contributed by atoms with E-state index >= 15 is 0 Å². The van der Waals surface area contributed by atoms with Crippen molar-refractivity contribution in [2.45, 2.75) is 13.3 Å². The van der Waals surface area contributed by atoms with Gasteiger partial charge in [0.25, 0.3) is 0 Å². The number of benzene rings is 1. The van der Waals surface area contributed by atoms with Crippen LogP contribution in [0.4, 0.5) is 5.69 Å². The molecule has 0 spiro atoms. The number of pyridine rings is 1. The fourth-order valence-corrected chi connectivity index (χ4v) is 3.98. The summed E-state index contributed by atoms with van der Waals surface area (Å²) in [6, 6.07) is 10.7. The third kappa shape index (κ3) is 3.43. The summed E-state index contributed by atoms with van der Waals surface area (Å²) < 4.78 is 5.67. The highest BCUT2D eigenvalue weighted by molar-refractivity contribution is 5.96. The van der Waals surface area contributed by atoms with Gasteiger partial charge >= 0.3 is 5.97 Å². The Morgan fingerprint density at radius 2 is 1.78 bits per heavy atom. The van der Waals surface area contributed by atoms with Gasteiger partial charge in [-0.05, 0) is 55.0 Å². The second-order valence-electron chi connectivity index (χ2n) is 7.13. The van der Waals surface area contributed by atoms with Crippen molar-refractivity contribution in [2.24, 2.45) is 23.7 Å². The summed E-state index contributed by atoms with van der Waals surface area (Å²) in [5.41, 5.74) is 1.66. The van der Waals surface area contributed by atoms with Crippen LogP contribution in [0.25, 0.3) is 0 Å². The lowest BCUT2D eigenvalue weighted by Gasteiger charge is -2.23. The highest BCUT2D eigenvalue weighted by Crippen LogP contribution is 2.48.